The molecule has 3 rings (SSSR count). The summed E-state index contributed by atoms with van der Waals surface area (Å²) >= 11 is 0. The molecule has 0 radical (unpaired) electrons. The van der Waals surface area contributed by atoms with Gasteiger partial charge in [-0.2, -0.15) is 0 Å². The molecule has 3 aromatic rings. The largest absolute Gasteiger partial charge is 0.497 e. The fourth-order valence-corrected chi connectivity index (χ4v) is 2.35. The number of hydrogen-bond donors (Lipinski definition) is 1. The molecule has 7 heteroatoms. The number of hydrogen-bond acceptors (Lipinski definition) is 6. The lowest BCUT2D eigenvalue weighted by atomic mass is 10.1. The molecule has 0 unspecified atom stereocenters. The van der Waals surface area contributed by atoms with E-state index in [4.69, 9.17) is 9.47 Å². The Morgan fingerprint density at radius 1 is 1.24 bits per heavy atom. The second-order valence-electron chi connectivity index (χ2n) is 5.30. The summed E-state index contributed by atoms with van der Waals surface area (Å²) in [5, 5.41) is 10.1. The van der Waals surface area contributed by atoms with Crippen molar-refractivity contribution in [3.05, 3.63) is 76.3 Å². The lowest BCUT2D eigenvalue weighted by Gasteiger charge is -2.12. The lowest BCUT2D eigenvalue weighted by Crippen LogP contribution is -2.18. The fraction of sp³-hybridized carbons (Fsp3) is 0.167. The van der Waals surface area contributed by atoms with Crippen molar-refractivity contribution in [1.82, 2.24) is 9.38 Å². The standard InChI is InChI=1S/C18H16N2O5/c1-24-14-6-4-5-12(9-14)17(22)18(23)25-11-13-10-16(21)20-8-3-2-7-15(20)19-13/h2-10,17,22H,11H2,1H3/t17-/m0/s1. The van der Waals surface area contributed by atoms with E-state index >= 15 is 0 Å². The number of esters is 1. The van der Waals surface area contributed by atoms with Crippen LogP contribution in [0.25, 0.3) is 5.65 Å². The number of rotatable bonds is 5. The first-order chi connectivity index (χ1) is 12.1. The number of ether oxygens (including phenoxy) is 2. The van der Waals surface area contributed by atoms with E-state index in [2.05, 4.69) is 4.98 Å². The zero-order valence-corrected chi connectivity index (χ0v) is 13.5. The molecular formula is C18H16N2O5. The van der Waals surface area contributed by atoms with Gasteiger partial charge in [0.1, 0.15) is 18.0 Å². The van der Waals surface area contributed by atoms with E-state index in [1.807, 2.05) is 0 Å². The molecule has 0 aliphatic rings. The number of carbonyl (C=O) groups excluding carboxylic acids is 1. The van der Waals surface area contributed by atoms with Crippen LogP contribution in [-0.2, 0) is 16.1 Å². The van der Waals surface area contributed by atoms with Crippen molar-refractivity contribution in [2.24, 2.45) is 0 Å². The summed E-state index contributed by atoms with van der Waals surface area (Å²) in [5.41, 5.74) is 0.845. The van der Waals surface area contributed by atoms with Gasteiger partial charge in [0.25, 0.3) is 5.56 Å². The third-order valence-corrected chi connectivity index (χ3v) is 3.62. The van der Waals surface area contributed by atoms with Crippen molar-refractivity contribution in [2.45, 2.75) is 12.7 Å². The van der Waals surface area contributed by atoms with Gasteiger partial charge in [0.2, 0.25) is 0 Å². The van der Waals surface area contributed by atoms with Crippen molar-refractivity contribution in [3.8, 4) is 5.75 Å². The highest BCUT2D eigenvalue weighted by atomic mass is 16.5. The first-order valence-corrected chi connectivity index (χ1v) is 7.54. The molecule has 1 atom stereocenters. The van der Waals surface area contributed by atoms with Crippen molar-refractivity contribution in [2.75, 3.05) is 7.11 Å². The molecule has 0 saturated heterocycles. The summed E-state index contributed by atoms with van der Waals surface area (Å²) in [4.78, 5) is 28.3. The molecule has 0 fully saturated rings. The highest BCUT2D eigenvalue weighted by molar-refractivity contribution is 5.76. The number of benzene rings is 1. The number of methoxy groups -OCH3 is 1. The van der Waals surface area contributed by atoms with Gasteiger partial charge in [-0.25, -0.2) is 9.78 Å². The second kappa shape index (κ2) is 7.14. The van der Waals surface area contributed by atoms with E-state index < -0.39 is 12.1 Å². The third-order valence-electron chi connectivity index (χ3n) is 3.62. The molecule has 0 bridgehead atoms. The van der Waals surface area contributed by atoms with Gasteiger partial charge in [-0.05, 0) is 29.8 Å². The summed E-state index contributed by atoms with van der Waals surface area (Å²) in [7, 11) is 1.49. The van der Waals surface area contributed by atoms with Crippen LogP contribution in [0.3, 0.4) is 0 Å². The molecule has 0 saturated carbocycles. The first kappa shape index (κ1) is 16.7. The highest BCUT2D eigenvalue weighted by Crippen LogP contribution is 2.20. The number of nitrogens with zero attached hydrogens (tertiary/aromatic N) is 2. The first-order valence-electron chi connectivity index (χ1n) is 7.54. The summed E-state index contributed by atoms with van der Waals surface area (Å²) in [6.45, 7) is -0.208. The normalized spacial score (nSPS) is 11.9. The van der Waals surface area contributed by atoms with Gasteiger partial charge in [-0.1, -0.05) is 18.2 Å². The molecule has 1 aromatic carbocycles. The maximum absolute atomic E-state index is 12.0. The smallest absolute Gasteiger partial charge is 0.340 e. The van der Waals surface area contributed by atoms with Crippen molar-refractivity contribution >= 4 is 11.6 Å². The Kier molecular flexibility index (Phi) is 4.76. The minimum absolute atomic E-state index is 0.208. The van der Waals surface area contributed by atoms with Crippen LogP contribution in [0.1, 0.15) is 17.4 Å². The van der Waals surface area contributed by atoms with E-state index in [1.54, 1.807) is 48.7 Å². The highest BCUT2D eigenvalue weighted by Gasteiger charge is 2.20. The third kappa shape index (κ3) is 3.67. The Hall–Kier alpha value is -3.19. The Labute approximate surface area is 143 Å². The molecule has 1 N–H and O–H groups in total. The quantitative estimate of drug-likeness (QED) is 0.708. The molecular weight excluding hydrogens is 324 g/mol. The number of pyridine rings is 1. The summed E-state index contributed by atoms with van der Waals surface area (Å²) in [6, 6.07) is 13.0. The molecule has 25 heavy (non-hydrogen) atoms. The van der Waals surface area contributed by atoms with Gasteiger partial charge in [0.05, 0.1) is 12.8 Å². The average Bonchev–Trinajstić information content (AvgIpc) is 2.65. The van der Waals surface area contributed by atoms with Crippen molar-refractivity contribution < 1.29 is 19.4 Å². The van der Waals surface area contributed by atoms with E-state index in [0.717, 1.165) is 0 Å². The van der Waals surface area contributed by atoms with Crippen LogP contribution in [0, 0.1) is 0 Å². The topological polar surface area (TPSA) is 90.1 Å². The minimum atomic E-state index is -1.45. The number of fused-ring (bicyclic) bond motifs is 1. The van der Waals surface area contributed by atoms with Crippen LogP contribution < -0.4 is 10.3 Å². The Morgan fingerprint density at radius 2 is 2.08 bits per heavy atom. The molecule has 0 spiro atoms. The maximum Gasteiger partial charge on any atom is 0.340 e. The van der Waals surface area contributed by atoms with E-state index in [0.29, 0.717) is 22.7 Å². The molecule has 0 amide bonds. The van der Waals surface area contributed by atoms with E-state index in [-0.39, 0.29) is 12.2 Å². The molecule has 2 aromatic heterocycles. The SMILES string of the molecule is COc1cccc([C@H](O)C(=O)OCc2cc(=O)n3ccccc3n2)c1. The van der Waals surface area contributed by atoms with Gasteiger partial charge in [0, 0.05) is 12.3 Å². The molecule has 0 aliphatic heterocycles. The predicted octanol–water partition coefficient (Wildman–Crippen LogP) is 1.48. The lowest BCUT2D eigenvalue weighted by molar-refractivity contribution is -0.155. The Bertz CT molecular complexity index is 967. The zero-order chi connectivity index (χ0) is 17.8. The van der Waals surface area contributed by atoms with Crippen LogP contribution >= 0.6 is 0 Å². The summed E-state index contributed by atoms with van der Waals surface area (Å²) < 4.78 is 11.5. The van der Waals surface area contributed by atoms with Gasteiger partial charge >= 0.3 is 5.97 Å². The minimum Gasteiger partial charge on any atom is -0.497 e. The van der Waals surface area contributed by atoms with Crippen LogP contribution in [-0.4, -0.2) is 27.6 Å². The van der Waals surface area contributed by atoms with Crippen LogP contribution in [0.5, 0.6) is 5.75 Å². The number of aliphatic hydroxyl groups is 1. The van der Waals surface area contributed by atoms with E-state index in [9.17, 15) is 14.7 Å². The van der Waals surface area contributed by atoms with Crippen LogP contribution in [0.15, 0.2) is 59.5 Å². The molecule has 7 nitrogen and oxygen atoms in total. The Balaban J connectivity index is 1.72. The van der Waals surface area contributed by atoms with Crippen molar-refractivity contribution in [3.63, 3.8) is 0 Å². The summed E-state index contributed by atoms with van der Waals surface area (Å²) in [6.07, 6.45) is 0.157. The maximum atomic E-state index is 12.0. The van der Waals surface area contributed by atoms with Gasteiger partial charge < -0.3 is 14.6 Å². The second-order valence-corrected chi connectivity index (χ2v) is 5.30. The van der Waals surface area contributed by atoms with Crippen LogP contribution in [0.4, 0.5) is 0 Å². The number of aliphatic hydroxyl groups excluding tert-OH is 1. The molecule has 2 heterocycles. The zero-order valence-electron chi connectivity index (χ0n) is 13.5. The van der Waals surface area contributed by atoms with Crippen molar-refractivity contribution in [1.29, 1.82) is 0 Å². The summed E-state index contributed by atoms with van der Waals surface area (Å²) in [5.74, 6) is -0.308. The average molecular weight is 340 g/mol. The van der Waals surface area contributed by atoms with Gasteiger partial charge in [-0.3, -0.25) is 9.20 Å². The van der Waals surface area contributed by atoms with Crippen LogP contribution in [0.2, 0.25) is 0 Å². The number of aromatic nitrogens is 2. The predicted molar refractivity (Wildman–Crippen MR) is 89.2 cm³/mol. The van der Waals surface area contributed by atoms with E-state index in [1.165, 1.54) is 17.6 Å². The van der Waals surface area contributed by atoms with Gasteiger partial charge in [-0.15, -0.1) is 0 Å². The number of carbonyl (C=O) groups is 1. The monoisotopic (exact) mass is 340 g/mol. The molecule has 128 valence electrons. The van der Waals surface area contributed by atoms with Gasteiger partial charge in [0.15, 0.2) is 6.10 Å². The molecule has 0 aliphatic carbocycles. The fourth-order valence-electron chi connectivity index (χ4n) is 2.35. The Morgan fingerprint density at radius 3 is 2.88 bits per heavy atom.